The number of urea groups is 1. The molecular weight excluding hydrogens is 556 g/mol. The van der Waals surface area contributed by atoms with Crippen LogP contribution >= 0.6 is 11.6 Å². The van der Waals surface area contributed by atoms with Crippen LogP contribution in [0.25, 0.3) is 10.9 Å². The fourth-order valence-electron chi connectivity index (χ4n) is 4.27. The predicted octanol–water partition coefficient (Wildman–Crippen LogP) is 5.90. The van der Waals surface area contributed by atoms with Crippen molar-refractivity contribution in [3.63, 3.8) is 0 Å². The van der Waals surface area contributed by atoms with Gasteiger partial charge in [0.1, 0.15) is 47.1 Å². The average Bonchev–Trinajstić information content (AvgIpc) is 2.97. The van der Waals surface area contributed by atoms with E-state index in [1.165, 1.54) is 23.5 Å². The number of para-hydroxylation sites is 1. The Morgan fingerprint density at radius 3 is 2.51 bits per heavy atom. The van der Waals surface area contributed by atoms with Gasteiger partial charge in [0, 0.05) is 37.0 Å². The largest absolute Gasteiger partial charge is 0.489 e. The molecule has 0 radical (unpaired) electrons. The number of carbonyl (C=O) groups excluding carboxylic acids is 2. The Morgan fingerprint density at radius 1 is 1.05 bits per heavy atom. The third kappa shape index (κ3) is 6.49. The van der Waals surface area contributed by atoms with Crippen LogP contribution in [0.1, 0.15) is 12.8 Å². The summed E-state index contributed by atoms with van der Waals surface area (Å²) in [5.74, 6) is -0.786. The van der Waals surface area contributed by atoms with E-state index < -0.39 is 29.3 Å². The minimum atomic E-state index is -0.837. The summed E-state index contributed by atoms with van der Waals surface area (Å²) >= 11 is 6.52. The lowest BCUT2D eigenvalue weighted by molar-refractivity contribution is -0.111. The van der Waals surface area contributed by atoms with Gasteiger partial charge in [-0.2, -0.15) is 0 Å². The first-order valence-electron chi connectivity index (χ1n) is 12.6. The van der Waals surface area contributed by atoms with E-state index in [2.05, 4.69) is 37.5 Å². The number of fused-ring (bicyclic) bond motifs is 1. The number of carbonyl (C=O) groups is 2. The maximum absolute atomic E-state index is 13.9. The standard InChI is InChI=1S/C28H24ClF2N7O3/c1-2-25(39)36-24-13-18-22(14-32-24)33-15-34-27(18)35-16-6-7-23(19(29)12-16)41-17-8-10-38(11-9-17)28(40)37-26-20(30)4-3-5-21(26)31/h2-7,12-15,17H,1,8-11H2,(H,37,40)(H,32,36,39)(H,33,34,35). The normalized spacial score (nSPS) is 13.5. The van der Waals surface area contributed by atoms with Gasteiger partial charge in [-0.1, -0.05) is 24.2 Å². The number of pyridine rings is 1. The molecule has 10 nitrogen and oxygen atoms in total. The number of nitrogens with one attached hydrogen (secondary N) is 3. The second kappa shape index (κ2) is 12.1. The lowest BCUT2D eigenvalue weighted by Crippen LogP contribution is -2.44. The van der Waals surface area contributed by atoms with Gasteiger partial charge < -0.3 is 25.6 Å². The van der Waals surface area contributed by atoms with E-state index >= 15 is 0 Å². The van der Waals surface area contributed by atoms with Crippen molar-refractivity contribution < 1.29 is 23.1 Å². The third-order valence-corrected chi connectivity index (χ3v) is 6.67. The molecule has 3 N–H and O–H groups in total. The van der Waals surface area contributed by atoms with Crippen molar-refractivity contribution >= 4 is 57.5 Å². The Balaban J connectivity index is 1.20. The maximum atomic E-state index is 13.9. The van der Waals surface area contributed by atoms with Crippen LogP contribution in [0.15, 0.2) is 67.6 Å². The number of ether oxygens (including phenoxy) is 1. The van der Waals surface area contributed by atoms with Crippen LogP contribution in [0.2, 0.25) is 5.02 Å². The average molecular weight is 580 g/mol. The van der Waals surface area contributed by atoms with Crippen LogP contribution in [0.3, 0.4) is 0 Å². The van der Waals surface area contributed by atoms with Crippen molar-refractivity contribution in [2.45, 2.75) is 18.9 Å². The van der Waals surface area contributed by atoms with Crippen LogP contribution in [-0.2, 0) is 4.79 Å². The molecule has 0 bridgehead atoms. The van der Waals surface area contributed by atoms with Crippen molar-refractivity contribution in [3.8, 4) is 5.75 Å². The number of hydrogen-bond donors (Lipinski definition) is 3. The molecule has 2 aromatic carbocycles. The van der Waals surface area contributed by atoms with Gasteiger partial charge in [-0.3, -0.25) is 4.79 Å². The lowest BCUT2D eigenvalue weighted by atomic mass is 10.1. The summed E-state index contributed by atoms with van der Waals surface area (Å²) in [7, 11) is 0. The Kier molecular flexibility index (Phi) is 8.20. The third-order valence-electron chi connectivity index (χ3n) is 6.37. The van der Waals surface area contributed by atoms with Gasteiger partial charge >= 0.3 is 6.03 Å². The number of aromatic nitrogens is 3. The van der Waals surface area contributed by atoms with E-state index in [1.54, 1.807) is 24.3 Å². The number of anilines is 4. The van der Waals surface area contributed by atoms with Gasteiger partial charge in [0.25, 0.3) is 0 Å². The zero-order chi connectivity index (χ0) is 28.9. The molecule has 0 unspecified atom stereocenters. The molecule has 1 fully saturated rings. The summed E-state index contributed by atoms with van der Waals surface area (Å²) in [5, 5.41) is 9.12. The molecule has 0 aliphatic carbocycles. The van der Waals surface area contributed by atoms with Crippen LogP contribution in [0.4, 0.5) is 36.6 Å². The molecule has 2 aromatic heterocycles. The van der Waals surface area contributed by atoms with E-state index in [0.717, 1.165) is 18.2 Å². The summed E-state index contributed by atoms with van der Waals surface area (Å²) in [6.07, 6.45) is 4.88. The molecule has 3 amide bonds. The molecule has 5 rings (SSSR count). The number of rotatable bonds is 7. The van der Waals surface area contributed by atoms with Gasteiger partial charge in [0.15, 0.2) is 0 Å². The highest BCUT2D eigenvalue weighted by molar-refractivity contribution is 6.32. The first-order chi connectivity index (χ1) is 19.8. The topological polar surface area (TPSA) is 121 Å². The van der Waals surface area contributed by atoms with Gasteiger partial charge in [-0.25, -0.2) is 28.5 Å². The van der Waals surface area contributed by atoms with Crippen LogP contribution in [-0.4, -0.2) is 51.0 Å². The molecule has 0 spiro atoms. The molecule has 1 aliphatic heterocycles. The number of nitrogens with zero attached hydrogens (tertiary/aromatic N) is 4. The predicted molar refractivity (Wildman–Crippen MR) is 151 cm³/mol. The molecule has 210 valence electrons. The quantitative estimate of drug-likeness (QED) is 0.233. The second-order valence-corrected chi connectivity index (χ2v) is 9.51. The van der Waals surface area contributed by atoms with E-state index in [4.69, 9.17) is 16.3 Å². The number of piperidine rings is 1. The first kappa shape index (κ1) is 27.7. The molecule has 1 aliphatic rings. The van der Waals surface area contributed by atoms with E-state index in [-0.39, 0.29) is 6.10 Å². The van der Waals surface area contributed by atoms with Crippen molar-refractivity contribution in [1.82, 2.24) is 19.9 Å². The molecule has 1 saturated heterocycles. The number of likely N-dealkylation sites (tertiary alicyclic amines) is 1. The molecule has 4 aromatic rings. The zero-order valence-corrected chi connectivity index (χ0v) is 22.3. The summed E-state index contributed by atoms with van der Waals surface area (Å²) in [6, 6.07) is 9.67. The Morgan fingerprint density at radius 2 is 1.80 bits per heavy atom. The van der Waals surface area contributed by atoms with Crippen LogP contribution in [0.5, 0.6) is 5.75 Å². The summed E-state index contributed by atoms with van der Waals surface area (Å²) in [4.78, 5) is 38.3. The van der Waals surface area contributed by atoms with Crippen LogP contribution < -0.4 is 20.7 Å². The number of hydrogen-bond acceptors (Lipinski definition) is 7. The monoisotopic (exact) mass is 579 g/mol. The lowest BCUT2D eigenvalue weighted by Gasteiger charge is -2.32. The number of benzene rings is 2. The highest BCUT2D eigenvalue weighted by Gasteiger charge is 2.26. The minimum absolute atomic E-state index is 0.205. The highest BCUT2D eigenvalue weighted by Crippen LogP contribution is 2.32. The minimum Gasteiger partial charge on any atom is -0.489 e. The van der Waals surface area contributed by atoms with Crippen LogP contribution in [0, 0.1) is 11.6 Å². The van der Waals surface area contributed by atoms with Crippen molar-refractivity contribution in [1.29, 1.82) is 0 Å². The Bertz CT molecular complexity index is 1610. The summed E-state index contributed by atoms with van der Waals surface area (Å²) in [6.45, 7) is 4.12. The van der Waals surface area contributed by atoms with E-state index in [1.807, 2.05) is 0 Å². The Hall–Kier alpha value is -4.84. The van der Waals surface area contributed by atoms with Crippen molar-refractivity contribution in [2.24, 2.45) is 0 Å². The highest BCUT2D eigenvalue weighted by atomic mass is 35.5. The molecule has 0 saturated carbocycles. The summed E-state index contributed by atoms with van der Waals surface area (Å²) in [5.41, 5.74) is 0.745. The van der Waals surface area contributed by atoms with Crippen molar-refractivity contribution in [3.05, 3.63) is 84.3 Å². The van der Waals surface area contributed by atoms with Gasteiger partial charge in [0.05, 0.1) is 16.7 Å². The molecule has 13 heteroatoms. The zero-order valence-electron chi connectivity index (χ0n) is 21.5. The van der Waals surface area contributed by atoms with E-state index in [9.17, 15) is 18.4 Å². The molecule has 0 atom stereocenters. The van der Waals surface area contributed by atoms with Gasteiger partial charge in [0.2, 0.25) is 5.91 Å². The molecule has 3 heterocycles. The van der Waals surface area contributed by atoms with Crippen molar-refractivity contribution in [2.75, 3.05) is 29.0 Å². The maximum Gasteiger partial charge on any atom is 0.322 e. The second-order valence-electron chi connectivity index (χ2n) is 9.10. The Labute approximate surface area is 238 Å². The van der Waals surface area contributed by atoms with E-state index in [0.29, 0.717) is 64.9 Å². The SMILES string of the molecule is C=CC(=O)Nc1cc2c(Nc3ccc(OC4CCN(C(=O)Nc5c(F)cccc5F)CC4)c(Cl)c3)ncnc2cn1. The van der Waals surface area contributed by atoms with Gasteiger partial charge in [-0.15, -0.1) is 0 Å². The smallest absolute Gasteiger partial charge is 0.322 e. The molecule has 41 heavy (non-hydrogen) atoms. The fourth-order valence-corrected chi connectivity index (χ4v) is 4.50. The number of amides is 3. The van der Waals surface area contributed by atoms with Gasteiger partial charge in [-0.05, 0) is 42.5 Å². The fraction of sp³-hybridized carbons (Fsp3) is 0.179. The first-order valence-corrected chi connectivity index (χ1v) is 13.0. The number of halogens is 3. The summed E-state index contributed by atoms with van der Waals surface area (Å²) < 4.78 is 33.8. The molecular formula is C28H24ClF2N7O3.